The average Bonchev–Trinajstić information content (AvgIpc) is 2.49. The fourth-order valence-corrected chi connectivity index (χ4v) is 1.93. The molecule has 1 rings (SSSR count). The summed E-state index contributed by atoms with van der Waals surface area (Å²) in [5, 5.41) is 0. The Labute approximate surface area is 128 Å². The summed E-state index contributed by atoms with van der Waals surface area (Å²) in [6, 6.07) is 7.52. The molecule has 116 valence electrons. The molecule has 0 radical (unpaired) electrons. The minimum atomic E-state index is -0.283. The van der Waals surface area contributed by atoms with Gasteiger partial charge in [-0.05, 0) is 36.1 Å². The first-order valence-electron chi connectivity index (χ1n) is 7.60. The monoisotopic (exact) mass is 290 g/mol. The van der Waals surface area contributed by atoms with E-state index in [1.165, 1.54) is 18.9 Å². The van der Waals surface area contributed by atoms with Crippen molar-refractivity contribution in [1.82, 2.24) is 0 Å². The third kappa shape index (κ3) is 8.18. The van der Waals surface area contributed by atoms with Crippen LogP contribution in [0.3, 0.4) is 0 Å². The first kappa shape index (κ1) is 17.3. The molecular weight excluding hydrogens is 264 g/mol. The molecule has 1 aromatic rings. The Kier molecular flexibility index (Phi) is 8.25. The van der Waals surface area contributed by atoms with Crippen molar-refractivity contribution in [3.8, 4) is 5.75 Å². The molecule has 1 aromatic carbocycles. The van der Waals surface area contributed by atoms with Gasteiger partial charge in [-0.2, -0.15) is 0 Å². The topological polar surface area (TPSA) is 35.5 Å². The summed E-state index contributed by atoms with van der Waals surface area (Å²) in [7, 11) is 1.63. The Morgan fingerprint density at radius 3 is 2.48 bits per heavy atom. The molecule has 0 aliphatic heterocycles. The minimum absolute atomic E-state index is 0.283. The zero-order valence-electron chi connectivity index (χ0n) is 13.3. The second-order valence-corrected chi connectivity index (χ2v) is 5.52. The highest BCUT2D eigenvalue weighted by Crippen LogP contribution is 2.12. The highest BCUT2D eigenvalue weighted by Gasteiger charge is 1.98. The van der Waals surface area contributed by atoms with E-state index in [0.717, 1.165) is 30.1 Å². The van der Waals surface area contributed by atoms with Gasteiger partial charge in [-0.1, -0.05) is 45.2 Å². The van der Waals surface area contributed by atoms with E-state index in [0.29, 0.717) is 6.61 Å². The van der Waals surface area contributed by atoms with Gasteiger partial charge in [0.25, 0.3) is 0 Å². The van der Waals surface area contributed by atoms with Gasteiger partial charge in [0.05, 0.1) is 13.7 Å². The number of benzene rings is 1. The van der Waals surface area contributed by atoms with Gasteiger partial charge in [-0.15, -0.1) is 0 Å². The quantitative estimate of drug-likeness (QED) is 0.382. The van der Waals surface area contributed by atoms with Crippen LogP contribution in [0.2, 0.25) is 0 Å². The largest absolute Gasteiger partial charge is 0.497 e. The molecule has 0 saturated carbocycles. The lowest BCUT2D eigenvalue weighted by Gasteiger charge is -2.04. The van der Waals surface area contributed by atoms with Crippen LogP contribution in [0.1, 0.15) is 45.1 Å². The maximum atomic E-state index is 11.5. The van der Waals surface area contributed by atoms with Gasteiger partial charge in [0.2, 0.25) is 0 Å². The van der Waals surface area contributed by atoms with Gasteiger partial charge < -0.3 is 9.47 Å². The normalized spacial score (nSPS) is 11.0. The summed E-state index contributed by atoms with van der Waals surface area (Å²) < 4.78 is 10.2. The summed E-state index contributed by atoms with van der Waals surface area (Å²) in [4.78, 5) is 11.5. The molecule has 3 heteroatoms. The van der Waals surface area contributed by atoms with E-state index in [1.54, 1.807) is 13.2 Å². The molecule has 0 aliphatic carbocycles. The Morgan fingerprint density at radius 2 is 1.86 bits per heavy atom. The molecule has 0 aromatic heterocycles. The summed E-state index contributed by atoms with van der Waals surface area (Å²) >= 11 is 0. The van der Waals surface area contributed by atoms with E-state index in [4.69, 9.17) is 9.47 Å². The molecule has 0 aliphatic rings. The van der Waals surface area contributed by atoms with Crippen LogP contribution < -0.4 is 4.74 Å². The zero-order valence-corrected chi connectivity index (χ0v) is 13.3. The number of rotatable bonds is 9. The predicted octanol–water partition coefficient (Wildman–Crippen LogP) is 4.47. The number of hydrogen-bond acceptors (Lipinski definition) is 3. The second kappa shape index (κ2) is 10.0. The first-order valence-corrected chi connectivity index (χ1v) is 7.60. The van der Waals surface area contributed by atoms with Crippen LogP contribution in [0.15, 0.2) is 30.3 Å². The van der Waals surface area contributed by atoms with Crippen molar-refractivity contribution in [1.29, 1.82) is 0 Å². The van der Waals surface area contributed by atoms with Gasteiger partial charge in [0.15, 0.2) is 0 Å². The Balaban J connectivity index is 2.19. The molecule has 0 saturated heterocycles. The third-order valence-electron chi connectivity index (χ3n) is 3.20. The number of unbranched alkanes of at least 4 members (excludes halogenated alkanes) is 2. The number of methoxy groups -OCH3 is 1. The van der Waals surface area contributed by atoms with E-state index in [1.807, 2.05) is 24.3 Å². The summed E-state index contributed by atoms with van der Waals surface area (Å²) in [6.07, 6.45) is 7.72. The number of ether oxygens (including phenoxy) is 2. The molecule has 0 amide bonds. The SMILES string of the molecule is COc1ccc(/C=C/C(=O)OCCCCCC(C)C)cc1. The minimum Gasteiger partial charge on any atom is -0.497 e. The van der Waals surface area contributed by atoms with Gasteiger partial charge in [0.1, 0.15) is 5.75 Å². The predicted molar refractivity (Wildman–Crippen MR) is 86.3 cm³/mol. The number of carbonyl (C=O) groups excluding carboxylic acids is 1. The van der Waals surface area contributed by atoms with E-state index >= 15 is 0 Å². The standard InChI is InChI=1S/C18H26O3/c1-15(2)7-5-4-6-14-21-18(19)13-10-16-8-11-17(20-3)12-9-16/h8-13,15H,4-7,14H2,1-3H3/b13-10+. The molecule has 0 fully saturated rings. The Morgan fingerprint density at radius 1 is 1.14 bits per heavy atom. The number of esters is 1. The molecule has 0 atom stereocenters. The van der Waals surface area contributed by atoms with Crippen LogP contribution in [0.25, 0.3) is 6.08 Å². The van der Waals surface area contributed by atoms with Crippen molar-refractivity contribution in [3.63, 3.8) is 0 Å². The second-order valence-electron chi connectivity index (χ2n) is 5.52. The Bertz CT molecular complexity index is 432. The van der Waals surface area contributed by atoms with E-state index in [-0.39, 0.29) is 5.97 Å². The van der Waals surface area contributed by atoms with Crippen LogP contribution in [0.5, 0.6) is 5.75 Å². The number of hydrogen-bond donors (Lipinski definition) is 0. The highest BCUT2D eigenvalue weighted by atomic mass is 16.5. The van der Waals surface area contributed by atoms with Crippen molar-refractivity contribution in [2.24, 2.45) is 5.92 Å². The molecule has 0 heterocycles. The van der Waals surface area contributed by atoms with Crippen LogP contribution >= 0.6 is 0 Å². The van der Waals surface area contributed by atoms with Crippen LogP contribution in [0, 0.1) is 5.92 Å². The lowest BCUT2D eigenvalue weighted by atomic mass is 10.1. The van der Waals surface area contributed by atoms with Gasteiger partial charge in [-0.3, -0.25) is 0 Å². The first-order chi connectivity index (χ1) is 10.1. The molecule has 0 unspecified atom stereocenters. The van der Waals surface area contributed by atoms with Crippen molar-refractivity contribution < 1.29 is 14.3 Å². The smallest absolute Gasteiger partial charge is 0.330 e. The third-order valence-corrected chi connectivity index (χ3v) is 3.20. The van der Waals surface area contributed by atoms with Crippen molar-refractivity contribution in [2.75, 3.05) is 13.7 Å². The van der Waals surface area contributed by atoms with Crippen LogP contribution in [0.4, 0.5) is 0 Å². The molecule has 0 N–H and O–H groups in total. The molecule has 0 spiro atoms. The summed E-state index contributed by atoms with van der Waals surface area (Å²) in [5.41, 5.74) is 0.949. The van der Waals surface area contributed by atoms with Gasteiger partial charge in [-0.25, -0.2) is 4.79 Å². The van der Waals surface area contributed by atoms with Crippen molar-refractivity contribution >= 4 is 12.0 Å². The fraction of sp³-hybridized carbons (Fsp3) is 0.500. The van der Waals surface area contributed by atoms with Crippen molar-refractivity contribution in [2.45, 2.75) is 39.5 Å². The fourth-order valence-electron chi connectivity index (χ4n) is 1.93. The average molecular weight is 290 g/mol. The summed E-state index contributed by atoms with van der Waals surface area (Å²) in [5.74, 6) is 1.27. The summed E-state index contributed by atoms with van der Waals surface area (Å²) in [6.45, 7) is 4.96. The van der Waals surface area contributed by atoms with Gasteiger partial charge >= 0.3 is 5.97 Å². The zero-order chi connectivity index (χ0) is 15.5. The maximum absolute atomic E-state index is 11.5. The Hall–Kier alpha value is -1.77. The molecule has 21 heavy (non-hydrogen) atoms. The molecular formula is C18H26O3. The van der Waals surface area contributed by atoms with E-state index < -0.39 is 0 Å². The van der Waals surface area contributed by atoms with E-state index in [9.17, 15) is 4.79 Å². The van der Waals surface area contributed by atoms with Crippen LogP contribution in [-0.4, -0.2) is 19.7 Å². The highest BCUT2D eigenvalue weighted by molar-refractivity contribution is 5.87. The molecule has 3 nitrogen and oxygen atoms in total. The van der Waals surface area contributed by atoms with Gasteiger partial charge in [0, 0.05) is 6.08 Å². The van der Waals surface area contributed by atoms with Crippen molar-refractivity contribution in [3.05, 3.63) is 35.9 Å². The van der Waals surface area contributed by atoms with Crippen LogP contribution in [-0.2, 0) is 9.53 Å². The lowest BCUT2D eigenvalue weighted by molar-refractivity contribution is -0.137. The lowest BCUT2D eigenvalue weighted by Crippen LogP contribution is -2.02. The maximum Gasteiger partial charge on any atom is 0.330 e. The molecule has 0 bridgehead atoms. The number of carbonyl (C=O) groups is 1. The van der Waals surface area contributed by atoms with E-state index in [2.05, 4.69) is 13.8 Å².